The van der Waals surface area contributed by atoms with Gasteiger partial charge in [-0.3, -0.25) is 14.2 Å². The fraction of sp³-hybridized carbons (Fsp3) is 0.615. The number of amides is 1. The Balaban J connectivity index is 1.75. The molecule has 7 nitrogen and oxygen atoms in total. The van der Waals surface area contributed by atoms with Gasteiger partial charge in [0.2, 0.25) is 0 Å². The molecule has 0 bridgehead atoms. The van der Waals surface area contributed by atoms with Crippen molar-refractivity contribution >= 4 is 5.91 Å². The predicted octanol–water partition coefficient (Wildman–Crippen LogP) is 4.19. The number of nitrogens with zero attached hydrogens (tertiary/aromatic N) is 3. The average Bonchev–Trinajstić information content (AvgIpc) is 3.55. The van der Waals surface area contributed by atoms with Crippen molar-refractivity contribution in [3.05, 3.63) is 46.6 Å². The number of aromatic nitrogens is 2. The molecule has 2 saturated heterocycles. The quantitative estimate of drug-likeness (QED) is 0.635. The lowest BCUT2D eigenvalue weighted by Crippen LogP contribution is -2.30. The molecule has 0 saturated carbocycles. The summed E-state index contributed by atoms with van der Waals surface area (Å²) in [6, 6.07) is 5.27. The fourth-order valence-corrected chi connectivity index (χ4v) is 4.89. The normalized spacial score (nSPS) is 21.4. The van der Waals surface area contributed by atoms with Crippen molar-refractivity contribution in [1.29, 1.82) is 0 Å². The molecule has 2 atom stereocenters. The second kappa shape index (κ2) is 10.4. The van der Waals surface area contributed by atoms with Crippen LogP contribution in [0.2, 0.25) is 0 Å². The Bertz CT molecular complexity index is 1150. The number of ether oxygens (including phenoxy) is 2. The summed E-state index contributed by atoms with van der Waals surface area (Å²) in [5.74, 6) is -1.24. The van der Waals surface area contributed by atoms with E-state index in [2.05, 4.69) is 31.1 Å². The second-order valence-electron chi connectivity index (χ2n) is 10.6. The smallest absolute Gasteiger partial charge is 0.419 e. The van der Waals surface area contributed by atoms with Gasteiger partial charge >= 0.3 is 6.18 Å². The molecule has 1 amide bonds. The lowest BCUT2D eigenvalue weighted by atomic mass is 9.92. The number of halogens is 3. The monoisotopic (exact) mass is 508 g/mol. The summed E-state index contributed by atoms with van der Waals surface area (Å²) in [5.41, 5.74) is -0.0868. The van der Waals surface area contributed by atoms with Crippen LogP contribution in [0, 0.1) is 0 Å². The SMILES string of the molecule is Cn1c(C(C)(C)C)cc(=NC(=O)c2cccc(C(F)(F)F)c2OC[C@@H]2CCCN2)n1C[C@H]1CCCO1. The molecule has 36 heavy (non-hydrogen) atoms. The van der Waals surface area contributed by atoms with Crippen LogP contribution in [0.15, 0.2) is 29.3 Å². The number of nitrogens with one attached hydrogen (secondary N) is 1. The van der Waals surface area contributed by atoms with E-state index in [1.54, 1.807) is 0 Å². The van der Waals surface area contributed by atoms with Gasteiger partial charge < -0.3 is 14.8 Å². The van der Waals surface area contributed by atoms with Crippen LogP contribution in [-0.2, 0) is 29.9 Å². The average molecular weight is 509 g/mol. The lowest BCUT2D eigenvalue weighted by Gasteiger charge is -2.21. The Labute approximate surface area is 209 Å². The van der Waals surface area contributed by atoms with Gasteiger partial charge in [-0.2, -0.15) is 18.2 Å². The number of hydrogen-bond acceptors (Lipinski definition) is 4. The Morgan fingerprint density at radius 1 is 1.22 bits per heavy atom. The standard InChI is InChI=1S/C26H35F3N4O3/c1-25(2,3)21-14-22(33(32(21)4)15-18-9-7-13-35-18)31-24(34)19-10-5-11-20(26(27,28)29)23(19)36-16-17-8-6-12-30-17/h5,10-11,14,17-18,30H,6-9,12-13,15-16H2,1-4H3/t17-,18+/m0/s1. The summed E-state index contributed by atoms with van der Waals surface area (Å²) in [4.78, 5) is 17.7. The number of alkyl halides is 3. The Morgan fingerprint density at radius 3 is 2.61 bits per heavy atom. The van der Waals surface area contributed by atoms with Crippen molar-refractivity contribution in [1.82, 2.24) is 14.7 Å². The molecule has 0 aliphatic carbocycles. The minimum Gasteiger partial charge on any atom is -0.490 e. The van der Waals surface area contributed by atoms with Crippen LogP contribution >= 0.6 is 0 Å². The highest BCUT2D eigenvalue weighted by Crippen LogP contribution is 2.38. The number of carbonyl (C=O) groups is 1. The Hall–Kier alpha value is -2.59. The van der Waals surface area contributed by atoms with E-state index in [0.29, 0.717) is 18.6 Å². The van der Waals surface area contributed by atoms with E-state index in [-0.39, 0.29) is 29.7 Å². The van der Waals surface area contributed by atoms with Gasteiger partial charge in [0.25, 0.3) is 5.91 Å². The van der Waals surface area contributed by atoms with Crippen molar-refractivity contribution in [3.63, 3.8) is 0 Å². The molecule has 2 fully saturated rings. The third kappa shape index (κ3) is 5.86. The molecule has 4 rings (SSSR count). The largest absolute Gasteiger partial charge is 0.490 e. The highest BCUT2D eigenvalue weighted by atomic mass is 19.4. The maximum atomic E-state index is 13.8. The molecule has 2 aromatic rings. The van der Waals surface area contributed by atoms with Crippen LogP contribution in [-0.4, -0.2) is 47.2 Å². The summed E-state index contributed by atoms with van der Waals surface area (Å²) in [7, 11) is 1.90. The number of benzene rings is 1. The third-order valence-corrected chi connectivity index (χ3v) is 6.77. The van der Waals surface area contributed by atoms with E-state index in [4.69, 9.17) is 9.47 Å². The van der Waals surface area contributed by atoms with Crippen molar-refractivity contribution in [2.75, 3.05) is 19.8 Å². The first kappa shape index (κ1) is 26.5. The molecular formula is C26H35F3N4O3. The third-order valence-electron chi connectivity index (χ3n) is 6.77. The van der Waals surface area contributed by atoms with Crippen LogP contribution in [0.25, 0.3) is 0 Å². The van der Waals surface area contributed by atoms with Crippen LogP contribution in [0.1, 0.15) is 68.1 Å². The molecular weight excluding hydrogens is 473 g/mol. The molecule has 10 heteroatoms. The van der Waals surface area contributed by atoms with E-state index in [0.717, 1.165) is 44.0 Å². The maximum absolute atomic E-state index is 13.8. The minimum atomic E-state index is -4.67. The molecule has 0 spiro atoms. The zero-order valence-electron chi connectivity index (χ0n) is 21.3. The summed E-state index contributed by atoms with van der Waals surface area (Å²) < 4.78 is 56.8. The fourth-order valence-electron chi connectivity index (χ4n) is 4.89. The Kier molecular flexibility index (Phi) is 7.66. The first-order valence-electron chi connectivity index (χ1n) is 12.5. The van der Waals surface area contributed by atoms with Gasteiger partial charge in [0.1, 0.15) is 12.4 Å². The first-order chi connectivity index (χ1) is 16.9. The summed E-state index contributed by atoms with van der Waals surface area (Å²) >= 11 is 0. The number of hydrogen-bond donors (Lipinski definition) is 1. The van der Waals surface area contributed by atoms with Crippen LogP contribution in [0.5, 0.6) is 5.75 Å². The van der Waals surface area contributed by atoms with E-state index >= 15 is 0 Å². The van der Waals surface area contributed by atoms with Crippen LogP contribution in [0.3, 0.4) is 0 Å². The Morgan fingerprint density at radius 2 is 2.00 bits per heavy atom. The molecule has 0 unspecified atom stereocenters. The van der Waals surface area contributed by atoms with Crippen LogP contribution in [0.4, 0.5) is 13.2 Å². The summed E-state index contributed by atoms with van der Waals surface area (Å²) in [6.45, 7) is 8.20. The minimum absolute atomic E-state index is 0.00756. The lowest BCUT2D eigenvalue weighted by molar-refractivity contribution is -0.139. The highest BCUT2D eigenvalue weighted by molar-refractivity contribution is 5.98. The van der Waals surface area contributed by atoms with Gasteiger partial charge in [-0.1, -0.05) is 26.8 Å². The summed E-state index contributed by atoms with van der Waals surface area (Å²) in [5, 5.41) is 3.21. The van der Waals surface area contributed by atoms with Crippen molar-refractivity contribution in [2.24, 2.45) is 12.0 Å². The van der Waals surface area contributed by atoms with Gasteiger partial charge in [-0.05, 0) is 44.4 Å². The zero-order valence-corrected chi connectivity index (χ0v) is 21.3. The van der Waals surface area contributed by atoms with Gasteiger partial charge in [0.05, 0.1) is 23.8 Å². The molecule has 1 aromatic carbocycles. The van der Waals surface area contributed by atoms with Crippen molar-refractivity contribution < 1.29 is 27.4 Å². The van der Waals surface area contributed by atoms with Crippen molar-refractivity contribution in [2.45, 2.75) is 76.7 Å². The summed E-state index contributed by atoms with van der Waals surface area (Å²) in [6.07, 6.45) is -1.06. The molecule has 0 radical (unpaired) electrons. The number of rotatable bonds is 6. The zero-order chi connectivity index (χ0) is 26.1. The molecule has 2 aliphatic rings. The van der Waals surface area contributed by atoms with Crippen molar-refractivity contribution in [3.8, 4) is 5.75 Å². The predicted molar refractivity (Wildman–Crippen MR) is 129 cm³/mol. The van der Waals surface area contributed by atoms with E-state index in [9.17, 15) is 18.0 Å². The van der Waals surface area contributed by atoms with E-state index < -0.39 is 23.4 Å². The molecule has 2 aliphatic heterocycles. The van der Waals surface area contributed by atoms with Gasteiger partial charge in [0.15, 0.2) is 5.49 Å². The number of para-hydroxylation sites is 1. The van der Waals surface area contributed by atoms with Crippen LogP contribution < -0.4 is 15.5 Å². The highest BCUT2D eigenvalue weighted by Gasteiger charge is 2.37. The van der Waals surface area contributed by atoms with Gasteiger partial charge in [-0.25, -0.2) is 0 Å². The molecule has 198 valence electrons. The van der Waals surface area contributed by atoms with Gasteiger partial charge in [0, 0.05) is 36.9 Å². The molecule has 1 aromatic heterocycles. The molecule has 1 N–H and O–H groups in total. The number of carbonyl (C=O) groups excluding carboxylic acids is 1. The van der Waals surface area contributed by atoms with E-state index in [1.165, 1.54) is 12.1 Å². The van der Waals surface area contributed by atoms with E-state index in [1.807, 2.05) is 22.5 Å². The maximum Gasteiger partial charge on any atom is 0.419 e. The second-order valence-corrected chi connectivity index (χ2v) is 10.6. The van der Waals surface area contributed by atoms with Gasteiger partial charge in [-0.15, -0.1) is 0 Å². The molecule has 3 heterocycles. The topological polar surface area (TPSA) is 69.8 Å². The first-order valence-corrected chi connectivity index (χ1v) is 12.5.